The molecular weight excluding hydrogens is 280 g/mol. The van der Waals surface area contributed by atoms with E-state index in [9.17, 15) is 0 Å². The molecule has 4 heteroatoms. The van der Waals surface area contributed by atoms with Crippen LogP contribution in [0.1, 0.15) is 44.5 Å². The second-order valence-corrected chi connectivity index (χ2v) is 6.95. The second kappa shape index (κ2) is 5.78. The zero-order chi connectivity index (χ0) is 14.9. The number of thiazole rings is 1. The van der Waals surface area contributed by atoms with Gasteiger partial charge >= 0.3 is 0 Å². The van der Waals surface area contributed by atoms with Gasteiger partial charge < -0.3 is 10.5 Å². The van der Waals surface area contributed by atoms with Gasteiger partial charge in [-0.1, -0.05) is 12.8 Å². The van der Waals surface area contributed by atoms with E-state index in [1.54, 1.807) is 11.3 Å². The summed E-state index contributed by atoms with van der Waals surface area (Å²) in [6, 6.07) is 8.13. The summed E-state index contributed by atoms with van der Waals surface area (Å²) in [6.45, 7) is 4.06. The van der Waals surface area contributed by atoms with Gasteiger partial charge in [-0.25, -0.2) is 4.98 Å². The van der Waals surface area contributed by atoms with Crippen molar-refractivity contribution in [2.24, 2.45) is 5.73 Å². The van der Waals surface area contributed by atoms with Crippen molar-refractivity contribution < 1.29 is 4.74 Å². The van der Waals surface area contributed by atoms with Crippen LogP contribution < -0.4 is 10.5 Å². The van der Waals surface area contributed by atoms with Crippen molar-refractivity contribution in [1.29, 1.82) is 0 Å². The number of nitrogens with two attached hydrogens (primary N) is 1. The monoisotopic (exact) mass is 302 g/mol. The van der Waals surface area contributed by atoms with Crippen LogP contribution in [0.15, 0.2) is 29.6 Å². The molecule has 1 heterocycles. The highest BCUT2D eigenvalue weighted by atomic mass is 32.1. The molecule has 0 radical (unpaired) electrons. The molecule has 2 aromatic rings. The molecule has 1 aromatic carbocycles. The molecule has 0 bridgehead atoms. The number of rotatable bonds is 4. The number of nitrogens with zero attached hydrogens (tertiary/aromatic N) is 1. The molecule has 0 unspecified atom stereocenters. The molecule has 0 atom stereocenters. The molecule has 1 saturated carbocycles. The normalized spacial score (nSPS) is 17.3. The van der Waals surface area contributed by atoms with Gasteiger partial charge in [0.25, 0.3) is 0 Å². The Kier molecular flexibility index (Phi) is 4.00. The maximum absolute atomic E-state index is 6.48. The van der Waals surface area contributed by atoms with Crippen LogP contribution in [0.3, 0.4) is 0 Å². The Morgan fingerprint density at radius 3 is 2.48 bits per heavy atom. The van der Waals surface area contributed by atoms with Crippen molar-refractivity contribution in [2.45, 2.75) is 51.2 Å². The molecule has 1 fully saturated rings. The Bertz CT molecular complexity index is 598. The zero-order valence-corrected chi connectivity index (χ0v) is 13.5. The van der Waals surface area contributed by atoms with Gasteiger partial charge in [0.15, 0.2) is 0 Å². The average molecular weight is 302 g/mol. The van der Waals surface area contributed by atoms with Crippen molar-refractivity contribution in [2.75, 3.05) is 0 Å². The molecule has 1 aliphatic rings. The summed E-state index contributed by atoms with van der Waals surface area (Å²) >= 11 is 1.69. The van der Waals surface area contributed by atoms with E-state index in [0.717, 1.165) is 34.9 Å². The Hall–Kier alpha value is -1.39. The average Bonchev–Trinajstić information content (AvgIpc) is 3.09. The topological polar surface area (TPSA) is 48.1 Å². The Labute approximate surface area is 130 Å². The Balaban J connectivity index is 1.80. The second-order valence-electron chi connectivity index (χ2n) is 6.09. The van der Waals surface area contributed by atoms with Crippen LogP contribution >= 0.6 is 11.3 Å². The van der Waals surface area contributed by atoms with Gasteiger partial charge in [0, 0.05) is 10.9 Å². The molecular formula is C17H22N2OS. The first-order chi connectivity index (χ1) is 10.1. The van der Waals surface area contributed by atoms with Crippen molar-refractivity contribution in [3.8, 4) is 17.0 Å². The summed E-state index contributed by atoms with van der Waals surface area (Å²) in [5.41, 5.74) is 8.42. The first kappa shape index (κ1) is 14.5. The van der Waals surface area contributed by atoms with Gasteiger partial charge in [-0.3, -0.25) is 0 Å². The number of hydrogen-bond acceptors (Lipinski definition) is 4. The van der Waals surface area contributed by atoms with E-state index >= 15 is 0 Å². The maximum Gasteiger partial charge on any atom is 0.119 e. The van der Waals surface area contributed by atoms with Crippen LogP contribution in [-0.2, 0) is 5.54 Å². The van der Waals surface area contributed by atoms with Crippen molar-refractivity contribution >= 4 is 11.3 Å². The third-order valence-electron chi connectivity index (χ3n) is 3.95. The molecule has 2 N–H and O–H groups in total. The van der Waals surface area contributed by atoms with E-state index in [1.807, 2.05) is 26.0 Å². The highest BCUT2D eigenvalue weighted by Gasteiger charge is 2.34. The molecule has 112 valence electrons. The SMILES string of the molecule is CC(C)Oc1ccc(-c2csc(C3(N)CCCC3)n2)cc1. The minimum Gasteiger partial charge on any atom is -0.491 e. The molecule has 0 saturated heterocycles. The Morgan fingerprint density at radius 1 is 1.19 bits per heavy atom. The molecule has 3 rings (SSSR count). The third kappa shape index (κ3) is 3.11. The first-order valence-corrected chi connectivity index (χ1v) is 8.47. The van der Waals surface area contributed by atoms with Crippen LogP contribution in [0, 0.1) is 0 Å². The van der Waals surface area contributed by atoms with E-state index in [4.69, 9.17) is 15.5 Å². The standard InChI is InChI=1S/C17H22N2OS/c1-12(2)20-14-7-5-13(6-8-14)15-11-21-16(19-15)17(18)9-3-4-10-17/h5-8,11-12H,3-4,9-10,18H2,1-2H3. The van der Waals surface area contributed by atoms with Gasteiger partial charge in [-0.15, -0.1) is 11.3 Å². The number of benzene rings is 1. The van der Waals surface area contributed by atoms with Crippen molar-refractivity contribution in [1.82, 2.24) is 4.98 Å². The van der Waals surface area contributed by atoms with Crippen LogP contribution in [-0.4, -0.2) is 11.1 Å². The van der Waals surface area contributed by atoms with Crippen LogP contribution in [0.25, 0.3) is 11.3 Å². The minimum atomic E-state index is -0.191. The molecule has 1 aliphatic carbocycles. The fraction of sp³-hybridized carbons (Fsp3) is 0.471. The van der Waals surface area contributed by atoms with Crippen LogP contribution in [0.2, 0.25) is 0 Å². The summed E-state index contributed by atoms with van der Waals surface area (Å²) < 4.78 is 5.67. The predicted molar refractivity (Wildman–Crippen MR) is 87.6 cm³/mol. The lowest BCUT2D eigenvalue weighted by Gasteiger charge is -2.19. The largest absolute Gasteiger partial charge is 0.491 e. The Morgan fingerprint density at radius 2 is 1.86 bits per heavy atom. The number of ether oxygens (including phenoxy) is 1. The molecule has 0 amide bonds. The maximum atomic E-state index is 6.48. The highest BCUT2D eigenvalue weighted by Crippen LogP contribution is 2.39. The van der Waals surface area contributed by atoms with Crippen LogP contribution in [0.4, 0.5) is 0 Å². The third-order valence-corrected chi connectivity index (χ3v) is 5.01. The van der Waals surface area contributed by atoms with Gasteiger partial charge in [-0.05, 0) is 51.0 Å². The molecule has 3 nitrogen and oxygen atoms in total. The lowest BCUT2D eigenvalue weighted by Crippen LogP contribution is -2.32. The fourth-order valence-corrected chi connectivity index (χ4v) is 3.83. The summed E-state index contributed by atoms with van der Waals surface area (Å²) in [5, 5.41) is 3.19. The van der Waals surface area contributed by atoms with Crippen molar-refractivity contribution in [3.63, 3.8) is 0 Å². The van der Waals surface area contributed by atoms with Gasteiger partial charge in [0.1, 0.15) is 10.8 Å². The molecule has 0 aliphatic heterocycles. The smallest absolute Gasteiger partial charge is 0.119 e. The quantitative estimate of drug-likeness (QED) is 0.914. The predicted octanol–water partition coefficient (Wildman–Crippen LogP) is 4.33. The van der Waals surface area contributed by atoms with E-state index in [2.05, 4.69) is 17.5 Å². The summed E-state index contributed by atoms with van der Waals surface area (Å²) in [4.78, 5) is 4.78. The van der Waals surface area contributed by atoms with Crippen LogP contribution in [0.5, 0.6) is 5.75 Å². The molecule has 21 heavy (non-hydrogen) atoms. The summed E-state index contributed by atoms with van der Waals surface area (Å²) in [7, 11) is 0. The summed E-state index contributed by atoms with van der Waals surface area (Å²) in [5.74, 6) is 0.898. The molecule has 1 aromatic heterocycles. The molecule has 0 spiro atoms. The number of hydrogen-bond donors (Lipinski definition) is 1. The lowest BCUT2D eigenvalue weighted by atomic mass is 10.0. The van der Waals surface area contributed by atoms with Gasteiger partial charge in [0.2, 0.25) is 0 Å². The van der Waals surface area contributed by atoms with Gasteiger partial charge in [-0.2, -0.15) is 0 Å². The minimum absolute atomic E-state index is 0.191. The number of aromatic nitrogens is 1. The van der Waals surface area contributed by atoms with E-state index in [1.165, 1.54) is 12.8 Å². The highest BCUT2D eigenvalue weighted by molar-refractivity contribution is 7.10. The fourth-order valence-electron chi connectivity index (χ4n) is 2.83. The van der Waals surface area contributed by atoms with E-state index in [-0.39, 0.29) is 11.6 Å². The van der Waals surface area contributed by atoms with E-state index in [0.29, 0.717) is 0 Å². The van der Waals surface area contributed by atoms with Crippen molar-refractivity contribution in [3.05, 3.63) is 34.7 Å². The van der Waals surface area contributed by atoms with Gasteiger partial charge in [0.05, 0.1) is 17.3 Å². The zero-order valence-electron chi connectivity index (χ0n) is 12.6. The first-order valence-electron chi connectivity index (χ1n) is 7.59. The van der Waals surface area contributed by atoms with E-state index < -0.39 is 0 Å². The lowest BCUT2D eigenvalue weighted by molar-refractivity contribution is 0.242. The summed E-state index contributed by atoms with van der Waals surface area (Å²) in [6.07, 6.45) is 4.74.